The molecule has 32 heavy (non-hydrogen) atoms. The quantitative estimate of drug-likeness (QED) is 0.545. The largest absolute Gasteiger partial charge is 0.294 e. The summed E-state index contributed by atoms with van der Waals surface area (Å²) < 4.78 is 41.8. The predicted octanol–water partition coefficient (Wildman–Crippen LogP) is 3.66. The van der Waals surface area contributed by atoms with Crippen LogP contribution in [0.2, 0.25) is 0 Å². The molecule has 0 saturated carbocycles. The number of hydrogen-bond acceptors (Lipinski definition) is 4. The summed E-state index contributed by atoms with van der Waals surface area (Å²) in [5.41, 5.74) is 5.66. The minimum Gasteiger partial charge on any atom is -0.294 e. The summed E-state index contributed by atoms with van der Waals surface area (Å²) >= 11 is 0. The summed E-state index contributed by atoms with van der Waals surface area (Å²) in [5.74, 6) is -0.316. The number of nitrogens with zero attached hydrogens (tertiary/aromatic N) is 4. The van der Waals surface area contributed by atoms with E-state index in [4.69, 9.17) is 5.10 Å². The second kappa shape index (κ2) is 9.13. The van der Waals surface area contributed by atoms with Gasteiger partial charge in [0.25, 0.3) is 0 Å². The fraction of sp³-hybridized carbons (Fsp3) is 0.375. The molecule has 1 aliphatic heterocycles. The van der Waals surface area contributed by atoms with Gasteiger partial charge in [-0.15, -0.1) is 0 Å². The van der Waals surface area contributed by atoms with E-state index < -0.39 is 10.0 Å². The third-order valence-electron chi connectivity index (χ3n) is 6.02. The molecule has 6 nitrogen and oxygen atoms in total. The van der Waals surface area contributed by atoms with E-state index in [2.05, 4.69) is 17.0 Å². The molecule has 0 atom stereocenters. The molecule has 1 aromatic heterocycles. The number of rotatable bonds is 7. The summed E-state index contributed by atoms with van der Waals surface area (Å²) in [6.07, 6.45) is 1.98. The van der Waals surface area contributed by atoms with Gasteiger partial charge in [0.1, 0.15) is 5.82 Å². The molecular weight excluding hydrogens is 427 g/mol. The average Bonchev–Trinajstić information content (AvgIpc) is 3.11. The van der Waals surface area contributed by atoms with E-state index in [1.807, 2.05) is 36.7 Å². The topological polar surface area (TPSA) is 58.4 Å². The van der Waals surface area contributed by atoms with Crippen molar-refractivity contribution in [3.8, 4) is 5.69 Å². The zero-order chi connectivity index (χ0) is 22.9. The number of fused-ring (bicyclic) bond motifs is 1. The van der Waals surface area contributed by atoms with Crippen molar-refractivity contribution in [2.24, 2.45) is 0 Å². The van der Waals surface area contributed by atoms with Gasteiger partial charge in [-0.25, -0.2) is 17.5 Å². The molecule has 0 amide bonds. The van der Waals surface area contributed by atoms with Gasteiger partial charge in [0.15, 0.2) is 0 Å². The lowest BCUT2D eigenvalue weighted by Gasteiger charge is -2.28. The summed E-state index contributed by atoms with van der Waals surface area (Å²) in [7, 11) is -3.36. The minimum absolute atomic E-state index is 0.207. The van der Waals surface area contributed by atoms with Crippen molar-refractivity contribution in [3.05, 3.63) is 82.4 Å². The molecule has 0 spiro atoms. The molecule has 0 saturated heterocycles. The zero-order valence-electron chi connectivity index (χ0n) is 18.8. The van der Waals surface area contributed by atoms with Crippen LogP contribution in [0.3, 0.4) is 0 Å². The smallest absolute Gasteiger partial charge is 0.211 e. The van der Waals surface area contributed by atoms with Crippen molar-refractivity contribution in [2.45, 2.75) is 39.9 Å². The molecule has 4 rings (SSSR count). The van der Waals surface area contributed by atoms with E-state index in [-0.39, 0.29) is 12.4 Å². The molecule has 0 aliphatic carbocycles. The molecule has 2 aromatic carbocycles. The maximum absolute atomic E-state index is 14.1. The molecule has 3 aromatic rings. The highest BCUT2D eigenvalue weighted by molar-refractivity contribution is 7.88. The van der Waals surface area contributed by atoms with Crippen LogP contribution in [0.5, 0.6) is 0 Å². The van der Waals surface area contributed by atoms with Gasteiger partial charge < -0.3 is 0 Å². The van der Waals surface area contributed by atoms with Gasteiger partial charge in [0.2, 0.25) is 10.0 Å². The third kappa shape index (κ3) is 4.77. The van der Waals surface area contributed by atoms with E-state index >= 15 is 0 Å². The number of benzene rings is 2. The SMILES string of the molecule is CCN(Cc1nn(-c2cc(F)ccc2C)c2c1CN(Cc1ccccc1)CC2)S(C)(=O)=O. The minimum atomic E-state index is -3.36. The zero-order valence-corrected chi connectivity index (χ0v) is 19.6. The Bertz CT molecular complexity index is 1210. The van der Waals surface area contributed by atoms with Crippen LogP contribution in [0.4, 0.5) is 4.39 Å². The average molecular weight is 457 g/mol. The Kier molecular flexibility index (Phi) is 6.46. The van der Waals surface area contributed by atoms with Crippen LogP contribution < -0.4 is 0 Å². The Hall–Kier alpha value is -2.55. The molecule has 0 radical (unpaired) electrons. The van der Waals surface area contributed by atoms with E-state index in [1.54, 1.807) is 6.07 Å². The highest BCUT2D eigenvalue weighted by Gasteiger charge is 2.28. The molecule has 170 valence electrons. The van der Waals surface area contributed by atoms with Crippen LogP contribution in [-0.2, 0) is 36.1 Å². The van der Waals surface area contributed by atoms with Crippen LogP contribution in [0.15, 0.2) is 48.5 Å². The number of sulfonamides is 1. The highest BCUT2D eigenvalue weighted by atomic mass is 32.2. The second-order valence-corrected chi connectivity index (χ2v) is 10.3. The number of aryl methyl sites for hydroxylation is 1. The van der Waals surface area contributed by atoms with Crippen LogP contribution in [0.1, 0.15) is 35.0 Å². The van der Waals surface area contributed by atoms with E-state index in [9.17, 15) is 12.8 Å². The van der Waals surface area contributed by atoms with Gasteiger partial charge in [0.05, 0.1) is 29.9 Å². The van der Waals surface area contributed by atoms with Crippen molar-refractivity contribution >= 4 is 10.0 Å². The second-order valence-electron chi connectivity index (χ2n) is 8.35. The molecule has 2 heterocycles. The first-order chi connectivity index (χ1) is 15.3. The van der Waals surface area contributed by atoms with Gasteiger partial charge in [-0.1, -0.05) is 43.3 Å². The summed E-state index contributed by atoms with van der Waals surface area (Å²) in [6, 6.07) is 15.0. The third-order valence-corrected chi connectivity index (χ3v) is 7.34. The highest BCUT2D eigenvalue weighted by Crippen LogP contribution is 2.29. The Morgan fingerprint density at radius 2 is 1.91 bits per heavy atom. The van der Waals surface area contributed by atoms with Crippen LogP contribution >= 0.6 is 0 Å². The van der Waals surface area contributed by atoms with Crippen LogP contribution in [0, 0.1) is 12.7 Å². The first-order valence-electron chi connectivity index (χ1n) is 10.8. The van der Waals surface area contributed by atoms with Crippen LogP contribution in [0.25, 0.3) is 5.69 Å². The monoisotopic (exact) mass is 456 g/mol. The van der Waals surface area contributed by atoms with E-state index in [1.165, 1.54) is 28.3 Å². The number of hydrogen-bond donors (Lipinski definition) is 0. The van der Waals surface area contributed by atoms with Gasteiger partial charge in [-0.3, -0.25) is 4.90 Å². The molecule has 0 N–H and O–H groups in total. The van der Waals surface area contributed by atoms with Gasteiger partial charge in [-0.2, -0.15) is 9.40 Å². The first kappa shape index (κ1) is 22.6. The van der Waals surface area contributed by atoms with Crippen molar-refractivity contribution < 1.29 is 12.8 Å². The van der Waals surface area contributed by atoms with E-state index in [0.717, 1.165) is 42.0 Å². The van der Waals surface area contributed by atoms with Crippen molar-refractivity contribution in [1.29, 1.82) is 0 Å². The maximum atomic E-state index is 14.1. The molecule has 0 fully saturated rings. The lowest BCUT2D eigenvalue weighted by molar-refractivity contribution is 0.242. The fourth-order valence-corrected chi connectivity index (χ4v) is 5.11. The Labute approximate surface area is 189 Å². The standard InChI is InChI=1S/C24H29FN4O2S/c1-4-28(32(3,30)31)17-22-21-16-27(15-19-8-6-5-7-9-19)13-12-23(21)29(26-22)24-14-20(25)11-10-18(24)2/h5-11,14H,4,12-13,15-17H2,1-3H3. The molecule has 8 heteroatoms. The number of halogens is 1. The molecular formula is C24H29FN4O2S. The van der Waals surface area contributed by atoms with Crippen LogP contribution in [-0.4, -0.2) is 46.7 Å². The van der Waals surface area contributed by atoms with Gasteiger partial charge >= 0.3 is 0 Å². The predicted molar refractivity (Wildman–Crippen MR) is 123 cm³/mol. The van der Waals surface area contributed by atoms with Gasteiger partial charge in [0, 0.05) is 38.2 Å². The maximum Gasteiger partial charge on any atom is 0.211 e. The van der Waals surface area contributed by atoms with Crippen molar-refractivity contribution in [2.75, 3.05) is 19.3 Å². The first-order valence-corrected chi connectivity index (χ1v) is 12.7. The van der Waals surface area contributed by atoms with Crippen molar-refractivity contribution in [3.63, 3.8) is 0 Å². The fourth-order valence-electron chi connectivity index (χ4n) is 4.29. The molecule has 0 bridgehead atoms. The molecule has 1 aliphatic rings. The normalized spacial score (nSPS) is 14.7. The number of aromatic nitrogens is 2. The molecule has 0 unspecified atom stereocenters. The Balaban J connectivity index is 1.74. The summed E-state index contributed by atoms with van der Waals surface area (Å²) in [5, 5.41) is 4.82. The van der Waals surface area contributed by atoms with Gasteiger partial charge in [-0.05, 0) is 30.2 Å². The van der Waals surface area contributed by atoms with Crippen molar-refractivity contribution in [1.82, 2.24) is 19.0 Å². The Morgan fingerprint density at radius 3 is 2.59 bits per heavy atom. The summed E-state index contributed by atoms with van der Waals surface area (Å²) in [4.78, 5) is 2.35. The lowest BCUT2D eigenvalue weighted by Crippen LogP contribution is -2.32. The lowest BCUT2D eigenvalue weighted by atomic mass is 10.0. The Morgan fingerprint density at radius 1 is 1.16 bits per heavy atom. The summed E-state index contributed by atoms with van der Waals surface area (Å²) in [6.45, 7) is 6.67. The van der Waals surface area contributed by atoms with E-state index in [0.29, 0.717) is 18.8 Å².